The summed E-state index contributed by atoms with van der Waals surface area (Å²) >= 11 is 0. The molecule has 2 fully saturated rings. The summed E-state index contributed by atoms with van der Waals surface area (Å²) in [6.45, 7) is 11.2. The van der Waals surface area contributed by atoms with Crippen molar-refractivity contribution in [2.24, 2.45) is 0 Å². The predicted octanol–water partition coefficient (Wildman–Crippen LogP) is -0.128. The Morgan fingerprint density at radius 3 is 2.21 bits per heavy atom. The van der Waals surface area contributed by atoms with E-state index in [0.29, 0.717) is 26.2 Å². The zero-order valence-electron chi connectivity index (χ0n) is 17.0. The molecule has 2 amide bonds. The van der Waals surface area contributed by atoms with Gasteiger partial charge in [-0.05, 0) is 26.0 Å². The van der Waals surface area contributed by atoms with Crippen LogP contribution in [0.2, 0.25) is 0 Å². The lowest BCUT2D eigenvalue weighted by atomic mass is 10.2. The summed E-state index contributed by atoms with van der Waals surface area (Å²) in [5.41, 5.74) is 0. The molecule has 0 aliphatic carbocycles. The molecule has 8 nitrogen and oxygen atoms in total. The zero-order valence-corrected chi connectivity index (χ0v) is 17.0. The number of hydrogen-bond donors (Lipinski definition) is 1. The molecule has 0 atom stereocenters. The minimum atomic E-state index is 0.0561. The zero-order chi connectivity index (χ0) is 19.9. The second kappa shape index (κ2) is 9.84. The van der Waals surface area contributed by atoms with E-state index < -0.39 is 0 Å². The molecule has 0 bridgehead atoms. The van der Waals surface area contributed by atoms with Gasteiger partial charge in [0, 0.05) is 64.6 Å². The van der Waals surface area contributed by atoms with Crippen molar-refractivity contribution >= 4 is 17.6 Å². The van der Waals surface area contributed by atoms with Crippen LogP contribution in [0.3, 0.4) is 0 Å². The van der Waals surface area contributed by atoms with Gasteiger partial charge in [0.25, 0.3) is 0 Å². The predicted molar refractivity (Wildman–Crippen MR) is 109 cm³/mol. The molecule has 3 heterocycles. The van der Waals surface area contributed by atoms with Crippen LogP contribution in [0, 0.1) is 0 Å². The summed E-state index contributed by atoms with van der Waals surface area (Å²) in [6.07, 6.45) is 1.82. The number of hydrogen-bond acceptors (Lipinski definition) is 6. The third-order valence-electron chi connectivity index (χ3n) is 5.25. The van der Waals surface area contributed by atoms with Gasteiger partial charge < -0.3 is 15.1 Å². The van der Waals surface area contributed by atoms with Gasteiger partial charge in [0.15, 0.2) is 0 Å². The molecular weight excluding hydrogens is 356 g/mol. The number of piperazine rings is 2. The summed E-state index contributed by atoms with van der Waals surface area (Å²) in [6, 6.07) is 6.12. The highest BCUT2D eigenvalue weighted by atomic mass is 16.2. The number of carbonyl (C=O) groups excluding carboxylic acids is 2. The Labute approximate surface area is 167 Å². The molecule has 2 aliphatic heterocycles. The van der Waals surface area contributed by atoms with Crippen LogP contribution in [0.25, 0.3) is 0 Å². The molecule has 0 spiro atoms. The van der Waals surface area contributed by atoms with E-state index in [2.05, 4.69) is 25.0 Å². The first kappa shape index (κ1) is 20.5. The maximum absolute atomic E-state index is 12.7. The number of pyridine rings is 1. The topological polar surface area (TPSA) is 72.0 Å². The maximum atomic E-state index is 12.7. The molecule has 1 N–H and O–H groups in total. The lowest BCUT2D eigenvalue weighted by molar-refractivity contribution is -0.134. The van der Waals surface area contributed by atoms with Crippen LogP contribution >= 0.6 is 0 Å². The van der Waals surface area contributed by atoms with Crippen LogP contribution in [0.15, 0.2) is 24.4 Å². The molecule has 28 heavy (non-hydrogen) atoms. The molecule has 2 aliphatic rings. The normalized spacial score (nSPS) is 19.1. The molecule has 154 valence electrons. The van der Waals surface area contributed by atoms with E-state index in [4.69, 9.17) is 0 Å². The Kier molecular flexibility index (Phi) is 7.22. The van der Waals surface area contributed by atoms with Crippen LogP contribution in [-0.4, -0.2) is 103 Å². The lowest BCUT2D eigenvalue weighted by Crippen LogP contribution is -2.55. The SMILES string of the molecule is CC(C)NC(=O)CN1CCN(C(=O)CN2CCN(c3ccccn3)CC2)CC1. The van der Waals surface area contributed by atoms with Crippen molar-refractivity contribution in [3.63, 3.8) is 0 Å². The fourth-order valence-electron chi connectivity index (χ4n) is 3.69. The number of rotatable bonds is 6. The van der Waals surface area contributed by atoms with E-state index in [0.717, 1.165) is 45.1 Å². The Morgan fingerprint density at radius 2 is 1.61 bits per heavy atom. The monoisotopic (exact) mass is 388 g/mol. The van der Waals surface area contributed by atoms with Gasteiger partial charge in [0.2, 0.25) is 11.8 Å². The highest BCUT2D eigenvalue weighted by Crippen LogP contribution is 2.12. The van der Waals surface area contributed by atoms with Gasteiger partial charge >= 0.3 is 0 Å². The molecule has 0 aromatic carbocycles. The highest BCUT2D eigenvalue weighted by Gasteiger charge is 2.25. The Morgan fingerprint density at radius 1 is 0.964 bits per heavy atom. The van der Waals surface area contributed by atoms with E-state index in [9.17, 15) is 9.59 Å². The minimum absolute atomic E-state index is 0.0561. The smallest absolute Gasteiger partial charge is 0.236 e. The Bertz CT molecular complexity index is 637. The maximum Gasteiger partial charge on any atom is 0.236 e. The fourth-order valence-corrected chi connectivity index (χ4v) is 3.69. The second-order valence-corrected chi connectivity index (χ2v) is 7.83. The molecule has 3 rings (SSSR count). The number of amides is 2. The van der Waals surface area contributed by atoms with Gasteiger partial charge in [-0.25, -0.2) is 4.98 Å². The quantitative estimate of drug-likeness (QED) is 0.732. The first-order valence-corrected chi connectivity index (χ1v) is 10.2. The van der Waals surface area contributed by atoms with Crippen molar-refractivity contribution in [1.29, 1.82) is 0 Å². The van der Waals surface area contributed by atoms with Crippen LogP contribution < -0.4 is 10.2 Å². The van der Waals surface area contributed by atoms with Crippen LogP contribution in [0.5, 0.6) is 0 Å². The van der Waals surface area contributed by atoms with Crippen LogP contribution in [0.4, 0.5) is 5.82 Å². The average Bonchev–Trinajstić information content (AvgIpc) is 2.69. The number of nitrogens with zero attached hydrogens (tertiary/aromatic N) is 5. The molecule has 8 heteroatoms. The minimum Gasteiger partial charge on any atom is -0.354 e. The van der Waals surface area contributed by atoms with E-state index in [1.807, 2.05) is 43.1 Å². The van der Waals surface area contributed by atoms with E-state index in [1.54, 1.807) is 0 Å². The fraction of sp³-hybridized carbons (Fsp3) is 0.650. The van der Waals surface area contributed by atoms with Gasteiger partial charge in [0.1, 0.15) is 5.82 Å². The molecule has 0 saturated carbocycles. The van der Waals surface area contributed by atoms with Crippen molar-refractivity contribution in [3.8, 4) is 0 Å². The third-order valence-corrected chi connectivity index (χ3v) is 5.25. The Hall–Kier alpha value is -2.19. The average molecular weight is 389 g/mol. The Balaban J connectivity index is 1.36. The van der Waals surface area contributed by atoms with Gasteiger partial charge in [-0.1, -0.05) is 6.07 Å². The summed E-state index contributed by atoms with van der Waals surface area (Å²) in [7, 11) is 0. The lowest BCUT2D eigenvalue weighted by Gasteiger charge is -2.38. The van der Waals surface area contributed by atoms with Crippen molar-refractivity contribution in [2.45, 2.75) is 19.9 Å². The van der Waals surface area contributed by atoms with Gasteiger partial charge in [-0.3, -0.25) is 19.4 Å². The largest absolute Gasteiger partial charge is 0.354 e. The van der Waals surface area contributed by atoms with Crippen molar-refractivity contribution in [1.82, 2.24) is 25.0 Å². The van der Waals surface area contributed by atoms with Crippen molar-refractivity contribution in [3.05, 3.63) is 24.4 Å². The van der Waals surface area contributed by atoms with Crippen LogP contribution in [0.1, 0.15) is 13.8 Å². The van der Waals surface area contributed by atoms with Gasteiger partial charge in [-0.15, -0.1) is 0 Å². The standard InChI is InChI=1S/C20H32N6O2/c1-17(2)22-19(27)15-23-9-13-26(14-10-23)20(28)16-24-7-11-25(12-8-24)18-5-3-4-6-21-18/h3-6,17H,7-16H2,1-2H3,(H,22,27). The van der Waals surface area contributed by atoms with E-state index in [-0.39, 0.29) is 17.9 Å². The second-order valence-electron chi connectivity index (χ2n) is 7.83. The summed E-state index contributed by atoms with van der Waals surface area (Å²) in [5, 5.41) is 2.92. The van der Waals surface area contributed by atoms with Crippen molar-refractivity contribution < 1.29 is 9.59 Å². The molecule has 0 unspecified atom stereocenters. The van der Waals surface area contributed by atoms with E-state index in [1.165, 1.54) is 0 Å². The molecule has 1 aromatic rings. The van der Waals surface area contributed by atoms with Gasteiger partial charge in [0.05, 0.1) is 13.1 Å². The van der Waals surface area contributed by atoms with E-state index >= 15 is 0 Å². The molecule has 2 saturated heterocycles. The molecule has 1 aromatic heterocycles. The number of nitrogens with one attached hydrogen (secondary N) is 1. The first-order valence-electron chi connectivity index (χ1n) is 10.2. The number of aromatic nitrogens is 1. The van der Waals surface area contributed by atoms with Gasteiger partial charge in [-0.2, -0.15) is 0 Å². The number of carbonyl (C=O) groups is 2. The number of anilines is 1. The summed E-state index contributed by atoms with van der Waals surface area (Å²) < 4.78 is 0. The first-order chi connectivity index (χ1) is 13.5. The molecule has 0 radical (unpaired) electrons. The van der Waals surface area contributed by atoms with Crippen molar-refractivity contribution in [2.75, 3.05) is 70.3 Å². The third kappa shape index (κ3) is 5.90. The van der Waals surface area contributed by atoms with Crippen LogP contribution in [-0.2, 0) is 9.59 Å². The summed E-state index contributed by atoms with van der Waals surface area (Å²) in [5.74, 6) is 1.25. The summed E-state index contributed by atoms with van der Waals surface area (Å²) in [4.78, 5) is 37.5. The highest BCUT2D eigenvalue weighted by molar-refractivity contribution is 5.79. The molecular formula is C20H32N6O2.